The lowest BCUT2D eigenvalue weighted by Crippen LogP contribution is -2.51. The molecule has 0 radical (unpaired) electrons. The van der Waals surface area contributed by atoms with Crippen LogP contribution in [0.25, 0.3) is 0 Å². The first-order valence-corrected chi connectivity index (χ1v) is 20.8. The molecule has 1 heterocycles. The Balaban J connectivity index is 0.961. The van der Waals surface area contributed by atoms with Crippen LogP contribution in [0.4, 0.5) is 10.5 Å². The molecular formula is C46H41N3O6S2. The van der Waals surface area contributed by atoms with Crippen LogP contribution < -0.4 is 9.04 Å². The number of anilines is 1. The van der Waals surface area contributed by atoms with Crippen LogP contribution in [0.15, 0.2) is 180 Å². The van der Waals surface area contributed by atoms with Gasteiger partial charge in [-0.15, -0.1) is 0 Å². The van der Waals surface area contributed by atoms with Crippen LogP contribution in [0.2, 0.25) is 0 Å². The second-order valence-electron chi connectivity index (χ2n) is 13.4. The molecule has 0 aliphatic carbocycles. The Kier molecular flexibility index (Phi) is 11.9. The summed E-state index contributed by atoms with van der Waals surface area (Å²) in [7, 11) is -2.16. The predicted octanol–water partition coefficient (Wildman–Crippen LogP) is 8.93. The Bertz CT molecular complexity index is 2340. The van der Waals surface area contributed by atoms with Gasteiger partial charge in [0.25, 0.3) is 15.3 Å². The van der Waals surface area contributed by atoms with Gasteiger partial charge in [0.2, 0.25) is 5.91 Å². The summed E-state index contributed by atoms with van der Waals surface area (Å²) in [6, 6.07) is 52.0. The first-order valence-electron chi connectivity index (χ1n) is 18.4. The summed E-state index contributed by atoms with van der Waals surface area (Å²) in [6.07, 6.45) is 0.373. The van der Waals surface area contributed by atoms with E-state index in [2.05, 4.69) is 5.16 Å². The maximum absolute atomic E-state index is 14.4. The Hall–Kier alpha value is -6.17. The number of ether oxygens (including phenoxy) is 1. The topological polar surface area (TPSA) is 106 Å². The van der Waals surface area contributed by atoms with Crippen molar-refractivity contribution in [3.05, 3.63) is 198 Å². The summed E-state index contributed by atoms with van der Waals surface area (Å²) in [6.45, 7) is 2.26. The molecule has 288 valence electrons. The van der Waals surface area contributed by atoms with Gasteiger partial charge in [-0.25, -0.2) is 8.42 Å². The van der Waals surface area contributed by atoms with Crippen molar-refractivity contribution in [1.29, 1.82) is 0 Å². The van der Waals surface area contributed by atoms with Crippen LogP contribution in [0, 0.1) is 0 Å². The van der Waals surface area contributed by atoms with Crippen molar-refractivity contribution in [1.82, 2.24) is 4.90 Å². The number of hydrogen-bond acceptors (Lipinski definition) is 8. The van der Waals surface area contributed by atoms with Gasteiger partial charge in [-0.1, -0.05) is 150 Å². The van der Waals surface area contributed by atoms with Crippen molar-refractivity contribution in [2.45, 2.75) is 29.0 Å². The molecule has 57 heavy (non-hydrogen) atoms. The summed E-state index contributed by atoms with van der Waals surface area (Å²) in [4.78, 5) is 35.6. The van der Waals surface area contributed by atoms with E-state index in [9.17, 15) is 18.0 Å². The molecule has 0 saturated carbocycles. The minimum Gasteiger partial charge on any atom is -0.490 e. The number of thioether (sulfide) groups is 1. The number of oxime groups is 1. The molecule has 1 atom stereocenters. The number of carbonyl (C=O) groups is 2. The second kappa shape index (κ2) is 17.3. The van der Waals surface area contributed by atoms with Crippen molar-refractivity contribution in [2.24, 2.45) is 5.16 Å². The normalized spacial score (nSPS) is 14.7. The van der Waals surface area contributed by atoms with E-state index in [1.165, 1.54) is 16.3 Å². The van der Waals surface area contributed by atoms with Crippen molar-refractivity contribution in [2.75, 3.05) is 24.6 Å². The lowest BCUT2D eigenvalue weighted by Gasteiger charge is -2.42. The van der Waals surface area contributed by atoms with E-state index in [1.54, 1.807) is 54.6 Å². The molecule has 0 bridgehead atoms. The molecule has 1 fully saturated rings. The zero-order chi connectivity index (χ0) is 39.8. The van der Waals surface area contributed by atoms with Crippen molar-refractivity contribution in [3.8, 4) is 5.75 Å². The molecule has 0 aromatic heterocycles. The highest BCUT2D eigenvalue weighted by Crippen LogP contribution is 2.48. The lowest BCUT2D eigenvalue weighted by molar-refractivity contribution is -0.129. The van der Waals surface area contributed by atoms with Crippen molar-refractivity contribution in [3.63, 3.8) is 0 Å². The zero-order valence-electron chi connectivity index (χ0n) is 31.5. The number of sulfonamides is 1. The maximum atomic E-state index is 14.4. The van der Waals surface area contributed by atoms with E-state index in [-0.39, 0.29) is 29.3 Å². The highest BCUT2D eigenvalue weighted by atomic mass is 32.2. The van der Waals surface area contributed by atoms with Gasteiger partial charge in [-0.3, -0.25) is 18.8 Å². The molecule has 6 aromatic rings. The summed E-state index contributed by atoms with van der Waals surface area (Å²) in [5.74, 6) is 0.390. The van der Waals surface area contributed by atoms with Crippen LogP contribution in [-0.4, -0.2) is 55.7 Å². The van der Waals surface area contributed by atoms with Gasteiger partial charge in [0.1, 0.15) is 17.9 Å². The number of imide groups is 1. The van der Waals surface area contributed by atoms with Crippen LogP contribution in [0.1, 0.15) is 34.7 Å². The van der Waals surface area contributed by atoms with E-state index >= 15 is 0 Å². The minimum atomic E-state index is -3.68. The average molecular weight is 796 g/mol. The lowest BCUT2D eigenvalue weighted by atomic mass is 9.75. The van der Waals surface area contributed by atoms with Crippen LogP contribution in [-0.2, 0) is 31.6 Å². The third-order valence-electron chi connectivity index (χ3n) is 9.87. The monoisotopic (exact) mass is 795 g/mol. The zero-order valence-corrected chi connectivity index (χ0v) is 33.1. The Morgan fingerprint density at radius 3 is 1.74 bits per heavy atom. The number of nitrogens with zero attached hydrogens (tertiary/aromatic N) is 3. The fourth-order valence-electron chi connectivity index (χ4n) is 6.95. The van der Waals surface area contributed by atoms with Crippen LogP contribution in [0.5, 0.6) is 5.75 Å². The largest absolute Gasteiger partial charge is 0.490 e. The number of amides is 2. The van der Waals surface area contributed by atoms with Gasteiger partial charge in [0.05, 0.1) is 21.5 Å². The molecule has 0 N–H and O–H groups in total. The maximum Gasteiger partial charge on any atom is 0.290 e. The Morgan fingerprint density at radius 2 is 1.21 bits per heavy atom. The van der Waals surface area contributed by atoms with Gasteiger partial charge < -0.3 is 9.57 Å². The third kappa shape index (κ3) is 8.21. The van der Waals surface area contributed by atoms with E-state index in [1.807, 2.05) is 122 Å². The van der Waals surface area contributed by atoms with E-state index in [4.69, 9.17) is 9.57 Å². The molecule has 1 aliphatic rings. The number of hydrogen-bond donors (Lipinski definition) is 0. The van der Waals surface area contributed by atoms with Crippen LogP contribution in [0.3, 0.4) is 0 Å². The Labute approximate surface area is 337 Å². The molecule has 11 heteroatoms. The molecule has 1 saturated heterocycles. The van der Waals surface area contributed by atoms with Gasteiger partial charge in [-0.05, 0) is 77.6 Å². The fraction of sp³-hybridized carbons (Fsp3) is 0.152. The molecule has 0 spiro atoms. The quantitative estimate of drug-likeness (QED) is 0.0443. The molecular weight excluding hydrogens is 755 g/mol. The van der Waals surface area contributed by atoms with E-state index in [0.29, 0.717) is 23.6 Å². The smallest absolute Gasteiger partial charge is 0.290 e. The first kappa shape index (κ1) is 39.1. The highest BCUT2D eigenvalue weighted by Gasteiger charge is 2.54. The summed E-state index contributed by atoms with van der Waals surface area (Å²) >= 11 is 1.06. The summed E-state index contributed by atoms with van der Waals surface area (Å²) in [5, 5.41) is 3.31. The third-order valence-corrected chi connectivity index (χ3v) is 12.7. The highest BCUT2D eigenvalue weighted by molar-refractivity contribution is 8.15. The molecule has 6 aromatic carbocycles. The molecule has 1 aliphatic heterocycles. The summed E-state index contributed by atoms with van der Waals surface area (Å²) in [5.41, 5.74) is 4.17. The number of rotatable bonds is 15. The average Bonchev–Trinajstić information content (AvgIpc) is 3.54. The SMILES string of the molecule is CC(=NOCCOc1ccc(CC2SC(=O)N(C(c3ccccc3)(c3ccccc3)c3ccccc3)C2=O)cc1)c1ccc(N(C)S(=O)(=O)c2ccccc2)cc1. The second-order valence-corrected chi connectivity index (χ2v) is 16.5. The molecule has 9 nitrogen and oxygen atoms in total. The number of benzene rings is 6. The molecule has 7 rings (SSSR count). The standard InChI is InChI=1S/C46H41N3O6S2/c1-34(36-25-27-40(28-26-36)48(2)57(52,53)42-21-13-6-14-22-42)47-55-32-31-54-41-29-23-35(24-30-41)33-43-44(50)49(45(51)56-43)46(37-15-7-3-8-16-37,38-17-9-4-10-18-38)39-19-11-5-12-20-39/h3-30,43H,31-33H2,1-2H3. The number of carbonyl (C=O) groups excluding carboxylic acids is 2. The van der Waals surface area contributed by atoms with Crippen molar-refractivity contribution < 1.29 is 27.6 Å². The van der Waals surface area contributed by atoms with E-state index in [0.717, 1.165) is 39.6 Å². The Morgan fingerprint density at radius 1 is 0.702 bits per heavy atom. The molecule has 2 amide bonds. The minimum absolute atomic E-state index is 0.201. The predicted molar refractivity (Wildman–Crippen MR) is 225 cm³/mol. The first-order chi connectivity index (χ1) is 27.7. The van der Waals surface area contributed by atoms with Gasteiger partial charge in [0, 0.05) is 7.05 Å². The molecule has 1 unspecified atom stereocenters. The van der Waals surface area contributed by atoms with E-state index < -0.39 is 20.8 Å². The van der Waals surface area contributed by atoms with Gasteiger partial charge >= 0.3 is 0 Å². The van der Waals surface area contributed by atoms with Gasteiger partial charge in [-0.2, -0.15) is 0 Å². The van der Waals surface area contributed by atoms with Gasteiger partial charge in [0.15, 0.2) is 6.61 Å². The summed E-state index contributed by atoms with van der Waals surface area (Å²) < 4.78 is 33.1. The fourth-order valence-corrected chi connectivity index (χ4v) is 9.22. The van der Waals surface area contributed by atoms with Crippen LogP contribution >= 0.6 is 11.8 Å². The van der Waals surface area contributed by atoms with Crippen molar-refractivity contribution >= 4 is 44.3 Å².